The zero-order valence-corrected chi connectivity index (χ0v) is 6.91. The summed E-state index contributed by atoms with van der Waals surface area (Å²) in [4.78, 5) is 10.5. The molecule has 1 aromatic rings. The van der Waals surface area contributed by atoms with Crippen LogP contribution in [0.5, 0.6) is 0 Å². The maximum absolute atomic E-state index is 13.1. The van der Waals surface area contributed by atoms with Gasteiger partial charge in [0.15, 0.2) is 24.2 Å². The molecular weight excluding hydrogens is 194 g/mol. The summed E-state index contributed by atoms with van der Waals surface area (Å²) in [5, 5.41) is 9.20. The van der Waals surface area contributed by atoms with E-state index in [4.69, 9.17) is 4.74 Å². The maximum Gasteiger partial charge on any atom is 0.185 e. The SMILES string of the molecule is O=CC1OC(O)c2c1ccc(F)c2F. The highest BCUT2D eigenvalue weighted by molar-refractivity contribution is 5.63. The molecule has 0 radical (unpaired) electrons. The van der Waals surface area contributed by atoms with Crippen molar-refractivity contribution in [2.45, 2.75) is 12.4 Å². The van der Waals surface area contributed by atoms with E-state index in [1.54, 1.807) is 0 Å². The number of halogens is 2. The molecule has 0 saturated carbocycles. The number of aliphatic hydroxyl groups is 1. The second-order valence-corrected chi connectivity index (χ2v) is 2.91. The van der Waals surface area contributed by atoms with Crippen molar-refractivity contribution >= 4 is 6.29 Å². The van der Waals surface area contributed by atoms with Crippen LogP contribution in [-0.4, -0.2) is 11.4 Å². The fourth-order valence-corrected chi connectivity index (χ4v) is 1.47. The summed E-state index contributed by atoms with van der Waals surface area (Å²) in [6, 6.07) is 2.12. The standard InChI is InChI=1S/C9H6F2O3/c10-5-2-1-4-6(3-12)14-9(13)7(4)8(5)11/h1-3,6,9,13H. The van der Waals surface area contributed by atoms with Gasteiger partial charge >= 0.3 is 0 Å². The first-order valence-electron chi connectivity index (χ1n) is 3.91. The van der Waals surface area contributed by atoms with E-state index in [1.807, 2.05) is 0 Å². The lowest BCUT2D eigenvalue weighted by molar-refractivity contribution is -0.142. The molecule has 0 aliphatic carbocycles. The zero-order valence-electron chi connectivity index (χ0n) is 6.91. The Labute approximate surface area is 77.9 Å². The normalized spacial score (nSPS) is 24.8. The average Bonchev–Trinajstić information content (AvgIpc) is 2.49. The minimum absolute atomic E-state index is 0.173. The number of ether oxygens (including phenoxy) is 1. The van der Waals surface area contributed by atoms with Gasteiger partial charge in [0, 0.05) is 0 Å². The summed E-state index contributed by atoms with van der Waals surface area (Å²) >= 11 is 0. The third kappa shape index (κ3) is 1.13. The van der Waals surface area contributed by atoms with Crippen LogP contribution in [0.25, 0.3) is 0 Å². The van der Waals surface area contributed by atoms with Crippen LogP contribution >= 0.6 is 0 Å². The summed E-state index contributed by atoms with van der Waals surface area (Å²) < 4.78 is 30.6. The molecule has 0 bridgehead atoms. The Morgan fingerprint density at radius 3 is 2.79 bits per heavy atom. The third-order valence-electron chi connectivity index (χ3n) is 2.12. The highest BCUT2D eigenvalue weighted by Crippen LogP contribution is 2.38. The molecule has 2 rings (SSSR count). The fraction of sp³-hybridized carbons (Fsp3) is 0.222. The molecule has 74 valence electrons. The maximum atomic E-state index is 13.1. The van der Waals surface area contributed by atoms with Gasteiger partial charge in [0.2, 0.25) is 0 Å². The molecular formula is C9H6F2O3. The number of hydrogen-bond acceptors (Lipinski definition) is 3. The predicted octanol–water partition coefficient (Wildman–Crippen LogP) is 1.23. The number of carbonyl (C=O) groups is 1. The van der Waals surface area contributed by atoms with Crippen LogP contribution in [-0.2, 0) is 9.53 Å². The molecule has 1 aromatic carbocycles. The lowest BCUT2D eigenvalue weighted by atomic mass is 10.0. The lowest BCUT2D eigenvalue weighted by Crippen LogP contribution is -1.98. The highest BCUT2D eigenvalue weighted by Gasteiger charge is 2.34. The number of benzene rings is 1. The van der Waals surface area contributed by atoms with Crippen molar-refractivity contribution in [1.82, 2.24) is 0 Å². The fourth-order valence-electron chi connectivity index (χ4n) is 1.47. The van der Waals surface area contributed by atoms with Crippen molar-refractivity contribution in [2.24, 2.45) is 0 Å². The van der Waals surface area contributed by atoms with Crippen molar-refractivity contribution < 1.29 is 23.4 Å². The quantitative estimate of drug-likeness (QED) is 0.693. The monoisotopic (exact) mass is 200 g/mol. The zero-order chi connectivity index (χ0) is 10.3. The summed E-state index contributed by atoms with van der Waals surface area (Å²) in [5.41, 5.74) is -0.117. The lowest BCUT2D eigenvalue weighted by Gasteiger charge is -2.03. The van der Waals surface area contributed by atoms with E-state index in [2.05, 4.69) is 0 Å². The Morgan fingerprint density at radius 2 is 2.14 bits per heavy atom. The van der Waals surface area contributed by atoms with Crippen LogP contribution < -0.4 is 0 Å². The number of carbonyl (C=O) groups excluding carboxylic acids is 1. The van der Waals surface area contributed by atoms with Crippen molar-refractivity contribution in [1.29, 1.82) is 0 Å². The number of hydrogen-bond donors (Lipinski definition) is 1. The molecule has 1 aliphatic heterocycles. The molecule has 1 aliphatic rings. The Kier molecular flexibility index (Phi) is 2.05. The highest BCUT2D eigenvalue weighted by atomic mass is 19.2. The largest absolute Gasteiger partial charge is 0.364 e. The molecule has 3 nitrogen and oxygen atoms in total. The van der Waals surface area contributed by atoms with E-state index < -0.39 is 24.0 Å². The van der Waals surface area contributed by atoms with Crippen LogP contribution in [0, 0.1) is 11.6 Å². The first-order chi connectivity index (χ1) is 6.65. The number of fused-ring (bicyclic) bond motifs is 1. The molecule has 0 saturated heterocycles. The van der Waals surface area contributed by atoms with Gasteiger partial charge in [-0.2, -0.15) is 0 Å². The molecule has 14 heavy (non-hydrogen) atoms. The summed E-state index contributed by atoms with van der Waals surface area (Å²) in [7, 11) is 0. The first-order valence-corrected chi connectivity index (χ1v) is 3.91. The Balaban J connectivity index is 2.61. The van der Waals surface area contributed by atoms with Crippen LogP contribution in [0.15, 0.2) is 12.1 Å². The van der Waals surface area contributed by atoms with Crippen LogP contribution in [0.3, 0.4) is 0 Å². The second-order valence-electron chi connectivity index (χ2n) is 2.91. The van der Waals surface area contributed by atoms with Gasteiger partial charge in [-0.15, -0.1) is 0 Å². The minimum atomic E-state index is -1.57. The predicted molar refractivity (Wildman–Crippen MR) is 41.2 cm³/mol. The first kappa shape index (κ1) is 9.23. The van der Waals surface area contributed by atoms with E-state index >= 15 is 0 Å². The smallest absolute Gasteiger partial charge is 0.185 e. The summed E-state index contributed by atoms with van der Waals surface area (Å²) in [5.74, 6) is -2.24. The molecule has 2 atom stereocenters. The van der Waals surface area contributed by atoms with Crippen LogP contribution in [0.1, 0.15) is 23.5 Å². The van der Waals surface area contributed by atoms with E-state index in [-0.39, 0.29) is 11.1 Å². The molecule has 0 fully saturated rings. The van der Waals surface area contributed by atoms with E-state index in [0.29, 0.717) is 6.29 Å². The summed E-state index contributed by atoms with van der Waals surface area (Å²) in [6.45, 7) is 0. The van der Waals surface area contributed by atoms with Crippen molar-refractivity contribution in [3.63, 3.8) is 0 Å². The van der Waals surface area contributed by atoms with Gasteiger partial charge < -0.3 is 14.6 Å². The van der Waals surface area contributed by atoms with Crippen LogP contribution in [0.2, 0.25) is 0 Å². The van der Waals surface area contributed by atoms with Crippen molar-refractivity contribution in [3.8, 4) is 0 Å². The Morgan fingerprint density at radius 1 is 1.43 bits per heavy atom. The average molecular weight is 200 g/mol. The molecule has 0 amide bonds. The topological polar surface area (TPSA) is 46.5 Å². The molecule has 5 heteroatoms. The van der Waals surface area contributed by atoms with Crippen LogP contribution in [0.4, 0.5) is 8.78 Å². The van der Waals surface area contributed by atoms with Gasteiger partial charge in [-0.25, -0.2) is 8.78 Å². The van der Waals surface area contributed by atoms with E-state index in [0.717, 1.165) is 6.07 Å². The Bertz CT molecular complexity index is 392. The van der Waals surface area contributed by atoms with E-state index in [1.165, 1.54) is 6.07 Å². The molecule has 0 spiro atoms. The second kappa shape index (κ2) is 3.11. The molecule has 1 N–H and O–H groups in total. The van der Waals surface area contributed by atoms with Crippen molar-refractivity contribution in [3.05, 3.63) is 34.9 Å². The van der Waals surface area contributed by atoms with E-state index in [9.17, 15) is 18.7 Å². The van der Waals surface area contributed by atoms with Gasteiger partial charge in [-0.1, -0.05) is 6.07 Å². The van der Waals surface area contributed by atoms with Gasteiger partial charge in [-0.05, 0) is 11.6 Å². The minimum Gasteiger partial charge on any atom is -0.364 e. The third-order valence-corrected chi connectivity index (χ3v) is 2.12. The van der Waals surface area contributed by atoms with Gasteiger partial charge in [-0.3, -0.25) is 0 Å². The number of aldehydes is 1. The molecule has 2 unspecified atom stereocenters. The molecule has 0 aromatic heterocycles. The van der Waals surface area contributed by atoms with Gasteiger partial charge in [0.25, 0.3) is 0 Å². The van der Waals surface area contributed by atoms with Gasteiger partial charge in [0.1, 0.15) is 6.10 Å². The number of rotatable bonds is 1. The Hall–Kier alpha value is -1.33. The molecule has 1 heterocycles. The summed E-state index contributed by atoms with van der Waals surface area (Å²) in [6.07, 6.45) is -2.17. The van der Waals surface area contributed by atoms with Crippen molar-refractivity contribution in [2.75, 3.05) is 0 Å². The number of aliphatic hydroxyl groups excluding tert-OH is 1. The van der Waals surface area contributed by atoms with Gasteiger partial charge in [0.05, 0.1) is 5.56 Å².